The van der Waals surface area contributed by atoms with Crippen LogP contribution in [-0.4, -0.2) is 38.2 Å². The summed E-state index contributed by atoms with van der Waals surface area (Å²) in [7, 11) is 0. The summed E-state index contributed by atoms with van der Waals surface area (Å²) in [6.45, 7) is 3.58. The molecule has 0 radical (unpaired) electrons. The zero-order valence-electron chi connectivity index (χ0n) is 20.7. The van der Waals surface area contributed by atoms with Crippen molar-refractivity contribution in [1.29, 1.82) is 0 Å². The van der Waals surface area contributed by atoms with E-state index < -0.39 is 17.9 Å². The maximum atomic E-state index is 12.3. The van der Waals surface area contributed by atoms with E-state index in [1.807, 2.05) is 54.6 Å². The molecule has 2 heterocycles. The lowest BCUT2D eigenvalue weighted by Gasteiger charge is -2.21. The summed E-state index contributed by atoms with van der Waals surface area (Å²) in [5, 5.41) is 23.3. The van der Waals surface area contributed by atoms with Crippen molar-refractivity contribution in [2.24, 2.45) is 0 Å². The Bertz CT molecular complexity index is 1320. The Labute approximate surface area is 215 Å². The number of carbonyl (C=O) groups is 2. The first-order valence-corrected chi connectivity index (χ1v) is 12.2. The van der Waals surface area contributed by atoms with Crippen LogP contribution >= 0.6 is 0 Å². The van der Waals surface area contributed by atoms with Crippen molar-refractivity contribution < 1.29 is 19.1 Å². The first kappa shape index (κ1) is 25.6. The predicted octanol–water partition coefficient (Wildman–Crippen LogP) is 5.34. The SMILES string of the molecule is CCCCC(Nc1ccc(C(=O)N[C@H](C)C(=O)O)cc1)c1ccc(-c2nnc(-c3ccccn3)o2)cc1. The predicted molar refractivity (Wildman–Crippen MR) is 140 cm³/mol. The molecule has 0 aliphatic carbocycles. The summed E-state index contributed by atoms with van der Waals surface area (Å²) >= 11 is 0. The molecule has 0 spiro atoms. The molecule has 0 fully saturated rings. The second kappa shape index (κ2) is 11.9. The fraction of sp³-hybridized carbons (Fsp3) is 0.250. The van der Waals surface area contributed by atoms with Crippen LogP contribution in [0.15, 0.2) is 77.3 Å². The molecule has 2 aromatic heterocycles. The number of hydrogen-bond donors (Lipinski definition) is 3. The molecule has 0 aliphatic rings. The lowest BCUT2D eigenvalue weighted by molar-refractivity contribution is -0.138. The molecule has 1 unspecified atom stereocenters. The molecule has 3 N–H and O–H groups in total. The van der Waals surface area contributed by atoms with Gasteiger partial charge in [0.05, 0.1) is 6.04 Å². The summed E-state index contributed by atoms with van der Waals surface area (Å²) in [4.78, 5) is 27.5. The Morgan fingerprint density at radius 1 is 0.973 bits per heavy atom. The number of aromatic nitrogens is 3. The van der Waals surface area contributed by atoms with Gasteiger partial charge in [0.15, 0.2) is 0 Å². The van der Waals surface area contributed by atoms with Gasteiger partial charge in [-0.25, -0.2) is 0 Å². The van der Waals surface area contributed by atoms with E-state index in [4.69, 9.17) is 9.52 Å². The van der Waals surface area contributed by atoms with E-state index in [2.05, 4.69) is 32.7 Å². The molecule has 0 saturated carbocycles. The molecule has 0 saturated heterocycles. The zero-order chi connectivity index (χ0) is 26.2. The first-order valence-electron chi connectivity index (χ1n) is 12.2. The number of unbranched alkanes of at least 4 members (excludes halogenated alkanes) is 1. The molecule has 37 heavy (non-hydrogen) atoms. The Balaban J connectivity index is 1.46. The van der Waals surface area contributed by atoms with Crippen LogP contribution in [0.25, 0.3) is 23.0 Å². The second-order valence-corrected chi connectivity index (χ2v) is 8.70. The number of carboxylic acids is 1. The highest BCUT2D eigenvalue weighted by atomic mass is 16.4. The van der Waals surface area contributed by atoms with Gasteiger partial charge in [-0.15, -0.1) is 10.2 Å². The van der Waals surface area contributed by atoms with E-state index >= 15 is 0 Å². The third-order valence-electron chi connectivity index (χ3n) is 5.92. The quantitative estimate of drug-likeness (QED) is 0.252. The molecule has 190 valence electrons. The molecule has 4 aromatic rings. The number of pyridine rings is 1. The summed E-state index contributed by atoms with van der Waals surface area (Å²) < 4.78 is 5.82. The Morgan fingerprint density at radius 3 is 2.35 bits per heavy atom. The van der Waals surface area contributed by atoms with Crippen LogP contribution in [0.2, 0.25) is 0 Å². The van der Waals surface area contributed by atoms with Gasteiger partial charge in [0.25, 0.3) is 11.8 Å². The van der Waals surface area contributed by atoms with Crippen LogP contribution in [0, 0.1) is 0 Å². The number of anilines is 1. The van der Waals surface area contributed by atoms with Gasteiger partial charge in [-0.3, -0.25) is 14.6 Å². The lowest BCUT2D eigenvalue weighted by Crippen LogP contribution is -2.38. The fourth-order valence-electron chi connectivity index (χ4n) is 3.78. The van der Waals surface area contributed by atoms with Gasteiger partial charge in [-0.05, 0) is 67.4 Å². The highest BCUT2D eigenvalue weighted by Gasteiger charge is 2.17. The summed E-state index contributed by atoms with van der Waals surface area (Å²) in [6, 6.07) is 19.6. The zero-order valence-corrected chi connectivity index (χ0v) is 20.7. The third-order valence-corrected chi connectivity index (χ3v) is 5.92. The van der Waals surface area contributed by atoms with Crippen LogP contribution in [-0.2, 0) is 4.79 Å². The maximum absolute atomic E-state index is 12.3. The minimum Gasteiger partial charge on any atom is -0.480 e. The van der Waals surface area contributed by atoms with Gasteiger partial charge in [0.1, 0.15) is 11.7 Å². The van der Waals surface area contributed by atoms with Gasteiger partial charge in [0, 0.05) is 23.0 Å². The van der Waals surface area contributed by atoms with Crippen molar-refractivity contribution in [3.8, 4) is 23.0 Å². The molecular weight excluding hydrogens is 470 g/mol. The molecule has 0 bridgehead atoms. The van der Waals surface area contributed by atoms with Crippen LogP contribution in [0.4, 0.5) is 5.69 Å². The summed E-state index contributed by atoms with van der Waals surface area (Å²) in [6.07, 6.45) is 4.72. The molecule has 2 atom stereocenters. The fourth-order valence-corrected chi connectivity index (χ4v) is 3.78. The van der Waals surface area contributed by atoms with E-state index in [0.29, 0.717) is 23.0 Å². The number of carboxylic acid groups (broad SMARTS) is 1. The smallest absolute Gasteiger partial charge is 0.325 e. The number of nitrogens with zero attached hydrogens (tertiary/aromatic N) is 3. The van der Waals surface area contributed by atoms with Crippen LogP contribution in [0.1, 0.15) is 55.1 Å². The van der Waals surface area contributed by atoms with Crippen molar-refractivity contribution >= 4 is 17.6 Å². The monoisotopic (exact) mass is 499 g/mol. The van der Waals surface area contributed by atoms with Gasteiger partial charge in [0.2, 0.25) is 5.89 Å². The summed E-state index contributed by atoms with van der Waals surface area (Å²) in [5.41, 5.74) is 3.82. The Kier molecular flexibility index (Phi) is 8.25. The summed E-state index contributed by atoms with van der Waals surface area (Å²) in [5.74, 6) is -0.705. The Hall–Kier alpha value is -4.53. The number of rotatable bonds is 11. The third kappa shape index (κ3) is 6.58. The average molecular weight is 500 g/mol. The number of nitrogens with one attached hydrogen (secondary N) is 2. The van der Waals surface area contributed by atoms with Crippen LogP contribution < -0.4 is 10.6 Å². The van der Waals surface area contributed by atoms with Gasteiger partial charge in [-0.1, -0.05) is 38.0 Å². The molecule has 1 amide bonds. The van der Waals surface area contributed by atoms with Gasteiger partial charge < -0.3 is 20.2 Å². The highest BCUT2D eigenvalue weighted by Crippen LogP contribution is 2.28. The van der Waals surface area contributed by atoms with Crippen molar-refractivity contribution in [2.45, 2.75) is 45.2 Å². The van der Waals surface area contributed by atoms with Crippen molar-refractivity contribution in [1.82, 2.24) is 20.5 Å². The topological polar surface area (TPSA) is 130 Å². The van der Waals surface area contributed by atoms with Crippen molar-refractivity contribution in [3.63, 3.8) is 0 Å². The second-order valence-electron chi connectivity index (χ2n) is 8.70. The maximum Gasteiger partial charge on any atom is 0.325 e. The minimum atomic E-state index is -1.08. The van der Waals surface area contributed by atoms with E-state index in [1.54, 1.807) is 18.3 Å². The normalized spacial score (nSPS) is 12.5. The van der Waals surface area contributed by atoms with Crippen molar-refractivity contribution in [2.75, 3.05) is 5.32 Å². The van der Waals surface area contributed by atoms with Crippen LogP contribution in [0.3, 0.4) is 0 Å². The average Bonchev–Trinajstić information content (AvgIpc) is 3.42. The van der Waals surface area contributed by atoms with E-state index in [-0.39, 0.29) is 6.04 Å². The highest BCUT2D eigenvalue weighted by molar-refractivity contribution is 5.96. The number of aliphatic carboxylic acids is 1. The van der Waals surface area contributed by atoms with E-state index in [9.17, 15) is 9.59 Å². The van der Waals surface area contributed by atoms with Gasteiger partial charge >= 0.3 is 5.97 Å². The number of benzene rings is 2. The molecule has 0 aliphatic heterocycles. The molecule has 9 heteroatoms. The standard InChI is InChI=1S/C28H29N5O4/c1-3-4-7-23(31-22-15-13-20(14-16-22)25(34)30-18(2)28(35)36)19-9-11-21(12-10-19)26-32-33-27(37-26)24-8-5-6-17-29-24/h5-6,8-18,23,31H,3-4,7H2,1-2H3,(H,30,34)(H,35,36)/t18-,23?/m1/s1. The van der Waals surface area contributed by atoms with Crippen LogP contribution in [0.5, 0.6) is 0 Å². The lowest BCUT2D eigenvalue weighted by atomic mass is 9.99. The number of hydrogen-bond acceptors (Lipinski definition) is 7. The molecule has 2 aromatic carbocycles. The minimum absolute atomic E-state index is 0.0625. The number of carbonyl (C=O) groups excluding carboxylic acids is 1. The van der Waals surface area contributed by atoms with E-state index in [0.717, 1.165) is 36.1 Å². The first-order chi connectivity index (χ1) is 17.9. The molecular formula is C28H29N5O4. The van der Waals surface area contributed by atoms with Gasteiger partial charge in [-0.2, -0.15) is 0 Å². The largest absolute Gasteiger partial charge is 0.480 e. The van der Waals surface area contributed by atoms with Crippen molar-refractivity contribution in [3.05, 3.63) is 84.1 Å². The number of amides is 1. The molecule has 9 nitrogen and oxygen atoms in total. The van der Waals surface area contributed by atoms with E-state index in [1.165, 1.54) is 6.92 Å². The molecule has 4 rings (SSSR count). The Morgan fingerprint density at radius 2 is 1.70 bits per heavy atom.